The Kier molecular flexibility index (Phi) is 8.13. The number of hydrogen-bond donors (Lipinski definition) is 2. The van der Waals surface area contributed by atoms with Crippen molar-refractivity contribution in [3.05, 3.63) is 105 Å². The van der Waals surface area contributed by atoms with Gasteiger partial charge < -0.3 is 10.2 Å². The topological polar surface area (TPSA) is 92.0 Å². The Labute approximate surface area is 258 Å². The Bertz CT molecular complexity index is 1900. The molecule has 4 bridgehead atoms. The van der Waals surface area contributed by atoms with Crippen molar-refractivity contribution in [2.45, 2.75) is 69.2 Å². The molecule has 6 nitrogen and oxygen atoms in total. The van der Waals surface area contributed by atoms with Gasteiger partial charge in [0.2, 0.25) is 0 Å². The van der Waals surface area contributed by atoms with Crippen molar-refractivity contribution in [3.63, 3.8) is 0 Å². The normalized spacial score (nSPS) is 11.1. The number of aromatic nitrogens is 4. The lowest BCUT2D eigenvalue weighted by molar-refractivity contribution is 0.485. The van der Waals surface area contributed by atoms with E-state index in [4.69, 9.17) is 19.9 Å². The van der Waals surface area contributed by atoms with E-state index in [1.165, 1.54) is 0 Å². The van der Waals surface area contributed by atoms with Crippen molar-refractivity contribution < 1.29 is 10.2 Å². The SMILES string of the molecule is Cc1cc2c(C)nc3cc(C)c(C)cc3nc(C)c3cc(C)cc(c(C)nc4cc(C)c(C)cc4nc(C)c(c1)c2O)c3O. The van der Waals surface area contributed by atoms with E-state index in [1.54, 1.807) is 0 Å². The Balaban J connectivity index is 2.14. The quantitative estimate of drug-likeness (QED) is 0.189. The van der Waals surface area contributed by atoms with Crippen molar-refractivity contribution in [1.29, 1.82) is 0 Å². The van der Waals surface area contributed by atoms with E-state index in [2.05, 4.69) is 0 Å². The third-order valence-corrected chi connectivity index (χ3v) is 8.40. The molecule has 0 aliphatic rings. The molecule has 1 aromatic heterocycles. The van der Waals surface area contributed by atoms with Crippen LogP contribution in [0.2, 0.25) is 0 Å². The van der Waals surface area contributed by atoms with Gasteiger partial charge in [0.15, 0.2) is 0 Å². The molecular formula is C38H40N4O2. The number of aryl methyl sites for hydroxylation is 10. The van der Waals surface area contributed by atoms with Crippen LogP contribution in [-0.4, -0.2) is 30.1 Å². The lowest BCUT2D eigenvalue weighted by atomic mass is 10.1. The standard InChI is InChI=1S/C38H40N4O2/c1-19-11-29-25(7)39-33-15-21(3)23(5)17-35(33)41-27(9)31-13-20(2)14-32(38(31)44)28(10)42-36-18-24(6)22(4)16-34(36)40-26(8)30(12-19)37(29)43/h11-18,43-44H,1-10H3. The lowest BCUT2D eigenvalue weighted by Crippen LogP contribution is -1.92. The maximum atomic E-state index is 11.6. The molecule has 0 saturated carbocycles. The second-order valence-corrected chi connectivity index (χ2v) is 12.1. The Morgan fingerprint density at radius 2 is 0.545 bits per heavy atom. The molecule has 0 amide bonds. The zero-order chi connectivity index (χ0) is 32.0. The van der Waals surface area contributed by atoms with Gasteiger partial charge in [-0.1, -0.05) is 0 Å². The predicted octanol–water partition coefficient (Wildman–Crippen LogP) is 9.19. The number of hydrogen-bond acceptors (Lipinski definition) is 6. The zero-order valence-corrected chi connectivity index (χ0v) is 27.3. The Morgan fingerprint density at radius 1 is 0.341 bits per heavy atom. The number of phenols is 2. The molecule has 0 radical (unpaired) electrons. The van der Waals surface area contributed by atoms with E-state index in [0.29, 0.717) is 66.4 Å². The van der Waals surface area contributed by atoms with Gasteiger partial charge in [0.1, 0.15) is 11.5 Å². The Morgan fingerprint density at radius 3 is 0.750 bits per heavy atom. The minimum Gasteiger partial charge on any atom is -0.507 e. The number of aromatic hydroxyl groups is 2. The molecule has 0 unspecified atom stereocenters. The molecule has 0 fully saturated rings. The van der Waals surface area contributed by atoms with Gasteiger partial charge in [-0.2, -0.15) is 0 Å². The average molecular weight is 585 g/mol. The number of fused-ring (bicyclic) bond motifs is 6. The van der Waals surface area contributed by atoms with Gasteiger partial charge in [0.05, 0.1) is 22.1 Å². The van der Waals surface area contributed by atoms with E-state index in [-0.39, 0.29) is 11.5 Å². The minimum atomic E-state index is 0.129. The van der Waals surface area contributed by atoms with Crippen LogP contribution in [0.1, 0.15) is 56.2 Å². The van der Waals surface area contributed by atoms with Gasteiger partial charge in [0.25, 0.3) is 0 Å². The highest BCUT2D eigenvalue weighted by atomic mass is 16.3. The molecule has 1 heterocycles. The van der Waals surface area contributed by atoms with Gasteiger partial charge in [-0.05, 0) is 151 Å². The summed E-state index contributed by atoms with van der Waals surface area (Å²) >= 11 is 0. The average Bonchev–Trinajstić information content (AvgIpc) is 2.95. The van der Waals surface area contributed by atoms with Crippen molar-refractivity contribution >= 4 is 43.6 Å². The number of rotatable bonds is 0. The summed E-state index contributed by atoms with van der Waals surface area (Å²) in [6, 6.07) is 15.8. The molecule has 0 atom stereocenters. The van der Waals surface area contributed by atoms with E-state index in [1.807, 2.05) is 118 Å². The summed E-state index contributed by atoms with van der Waals surface area (Å²) in [4.78, 5) is 20.0. The van der Waals surface area contributed by atoms with Gasteiger partial charge in [-0.25, -0.2) is 0 Å². The smallest absolute Gasteiger partial charge is 0.133 e. The molecule has 0 aliphatic heterocycles. The van der Waals surface area contributed by atoms with Crippen LogP contribution in [-0.2, 0) is 0 Å². The van der Waals surface area contributed by atoms with Crippen molar-refractivity contribution in [2.75, 3.05) is 0 Å². The first-order chi connectivity index (χ1) is 20.7. The van der Waals surface area contributed by atoms with E-state index < -0.39 is 0 Å². The lowest BCUT2D eigenvalue weighted by Gasteiger charge is -2.08. The summed E-state index contributed by atoms with van der Waals surface area (Å²) < 4.78 is 0. The van der Waals surface area contributed by atoms with E-state index in [0.717, 1.165) is 33.4 Å². The molecule has 5 aromatic rings. The maximum absolute atomic E-state index is 11.6. The minimum absolute atomic E-state index is 0.129. The summed E-state index contributed by atoms with van der Waals surface area (Å²) in [5.74, 6) is 0.259. The molecule has 6 heteroatoms. The van der Waals surface area contributed by atoms with Crippen LogP contribution in [0.5, 0.6) is 11.5 Å². The molecule has 0 saturated heterocycles. The molecule has 2 N–H and O–H groups in total. The molecule has 224 valence electrons. The fourth-order valence-electron chi connectivity index (χ4n) is 5.55. The van der Waals surface area contributed by atoms with E-state index in [9.17, 15) is 10.2 Å². The fraction of sp³-hybridized carbons (Fsp3) is 0.263. The highest BCUT2D eigenvalue weighted by molar-refractivity contribution is 5.87. The third kappa shape index (κ3) is 5.85. The highest BCUT2D eigenvalue weighted by Gasteiger charge is 2.10. The van der Waals surface area contributed by atoms with Crippen molar-refractivity contribution in [1.82, 2.24) is 19.9 Å². The predicted molar refractivity (Wildman–Crippen MR) is 182 cm³/mol. The number of nitrogens with zero attached hydrogens (tertiary/aromatic N) is 4. The number of phenolic OH excluding ortho intramolecular Hbond substituents is 2. The van der Waals surface area contributed by atoms with E-state index >= 15 is 0 Å². The van der Waals surface area contributed by atoms with Crippen LogP contribution in [0.25, 0.3) is 43.6 Å². The summed E-state index contributed by atoms with van der Waals surface area (Å²) in [6.07, 6.45) is 0. The highest BCUT2D eigenvalue weighted by Crippen LogP contribution is 2.32. The molecule has 4 aromatic carbocycles. The fourth-order valence-corrected chi connectivity index (χ4v) is 5.55. The molecule has 0 spiro atoms. The van der Waals surface area contributed by atoms with Crippen LogP contribution < -0.4 is 0 Å². The van der Waals surface area contributed by atoms with Crippen LogP contribution in [0, 0.1) is 69.2 Å². The van der Waals surface area contributed by atoms with Crippen LogP contribution >= 0.6 is 0 Å². The first-order valence-electron chi connectivity index (χ1n) is 14.9. The molecule has 5 rings (SSSR count). The zero-order valence-electron chi connectivity index (χ0n) is 27.3. The third-order valence-electron chi connectivity index (χ3n) is 8.40. The van der Waals surface area contributed by atoms with Crippen LogP contribution in [0.3, 0.4) is 0 Å². The summed E-state index contributed by atoms with van der Waals surface area (Å²) in [5, 5.41) is 25.7. The van der Waals surface area contributed by atoms with Crippen LogP contribution in [0.4, 0.5) is 0 Å². The molecule has 0 aliphatic carbocycles. The Hall–Kier alpha value is -4.84. The van der Waals surface area contributed by atoms with Gasteiger partial charge >= 0.3 is 0 Å². The first kappa shape index (κ1) is 30.6. The summed E-state index contributed by atoms with van der Waals surface area (Å²) in [6.45, 7) is 19.8. The monoisotopic (exact) mass is 584 g/mol. The number of benzene rings is 4. The van der Waals surface area contributed by atoms with Crippen molar-refractivity contribution in [3.8, 4) is 11.5 Å². The van der Waals surface area contributed by atoms with Gasteiger partial charge in [-0.15, -0.1) is 0 Å². The first-order valence-corrected chi connectivity index (χ1v) is 14.9. The maximum Gasteiger partial charge on any atom is 0.133 e. The molecular weight excluding hydrogens is 544 g/mol. The van der Waals surface area contributed by atoms with Gasteiger partial charge in [-0.3, -0.25) is 19.9 Å². The van der Waals surface area contributed by atoms with Crippen molar-refractivity contribution in [2.24, 2.45) is 0 Å². The van der Waals surface area contributed by atoms with Gasteiger partial charge in [0, 0.05) is 44.3 Å². The molecule has 44 heavy (non-hydrogen) atoms. The summed E-state index contributed by atoms with van der Waals surface area (Å²) in [5.41, 5.74) is 11.7. The summed E-state index contributed by atoms with van der Waals surface area (Å²) in [7, 11) is 0. The second-order valence-electron chi connectivity index (χ2n) is 12.1. The second kappa shape index (κ2) is 11.7. The van der Waals surface area contributed by atoms with Crippen LogP contribution in [0.15, 0.2) is 48.5 Å². The largest absolute Gasteiger partial charge is 0.507 e.